The number of aromatic hydroxyl groups is 1. The second kappa shape index (κ2) is 6.06. The third-order valence-electron chi connectivity index (χ3n) is 3.76. The van der Waals surface area contributed by atoms with Crippen LogP contribution in [0.1, 0.15) is 35.2 Å². The molecule has 1 aliphatic rings. The number of piperidine rings is 1. The maximum absolute atomic E-state index is 12.5. The molecule has 1 saturated heterocycles. The first-order chi connectivity index (χ1) is 9.11. The molecule has 4 nitrogen and oxygen atoms in total. The minimum absolute atomic E-state index is 0.0662. The summed E-state index contributed by atoms with van der Waals surface area (Å²) < 4.78 is 0. The lowest BCUT2D eigenvalue weighted by molar-refractivity contribution is 0.0666. The van der Waals surface area contributed by atoms with Crippen molar-refractivity contribution in [3.05, 3.63) is 29.3 Å². The fraction of sp³-hybridized carbons (Fsp3) is 0.533. The predicted octanol–water partition coefficient (Wildman–Crippen LogP) is 1.90. The van der Waals surface area contributed by atoms with Crippen LogP contribution in [0, 0.1) is 12.8 Å². The Morgan fingerprint density at radius 3 is 3.05 bits per heavy atom. The van der Waals surface area contributed by atoms with Crippen LogP contribution >= 0.6 is 0 Å². The smallest absolute Gasteiger partial charge is 0.257 e. The van der Waals surface area contributed by atoms with Gasteiger partial charge < -0.3 is 15.7 Å². The summed E-state index contributed by atoms with van der Waals surface area (Å²) in [6.45, 7) is 4.11. The van der Waals surface area contributed by atoms with Crippen molar-refractivity contribution in [2.75, 3.05) is 19.6 Å². The highest BCUT2D eigenvalue weighted by atomic mass is 16.3. The van der Waals surface area contributed by atoms with E-state index in [1.807, 2.05) is 11.8 Å². The van der Waals surface area contributed by atoms with Crippen molar-refractivity contribution in [2.24, 2.45) is 11.7 Å². The Hall–Kier alpha value is -1.55. The van der Waals surface area contributed by atoms with Crippen LogP contribution in [-0.2, 0) is 0 Å². The van der Waals surface area contributed by atoms with Crippen molar-refractivity contribution in [3.63, 3.8) is 0 Å². The lowest BCUT2D eigenvalue weighted by Gasteiger charge is -2.32. The molecule has 1 fully saturated rings. The summed E-state index contributed by atoms with van der Waals surface area (Å²) in [4.78, 5) is 14.3. The van der Waals surface area contributed by atoms with Gasteiger partial charge in [-0.2, -0.15) is 0 Å². The number of nitrogens with two attached hydrogens (primary N) is 1. The summed E-state index contributed by atoms with van der Waals surface area (Å²) in [5, 5.41) is 9.84. The number of phenolic OH excluding ortho intramolecular Hbond substituents is 1. The van der Waals surface area contributed by atoms with Gasteiger partial charge in [-0.05, 0) is 50.8 Å². The van der Waals surface area contributed by atoms with E-state index >= 15 is 0 Å². The van der Waals surface area contributed by atoms with Gasteiger partial charge in [0.15, 0.2) is 0 Å². The standard InChI is InChI=1S/C15H22N2O2/c1-11-4-5-14(18)13(9-11)15(19)17-8-2-3-12(10-17)6-7-16/h4-5,9,12,18H,2-3,6-8,10,16H2,1H3. The number of hydrogen-bond donors (Lipinski definition) is 2. The molecular weight excluding hydrogens is 240 g/mol. The second-order valence-electron chi connectivity index (χ2n) is 5.36. The molecule has 0 aliphatic carbocycles. The molecule has 0 radical (unpaired) electrons. The molecule has 1 aromatic carbocycles. The number of amides is 1. The Balaban J connectivity index is 2.12. The molecule has 1 amide bonds. The summed E-state index contributed by atoms with van der Waals surface area (Å²) >= 11 is 0. The van der Waals surface area contributed by atoms with Crippen molar-refractivity contribution in [1.29, 1.82) is 0 Å². The highest BCUT2D eigenvalue weighted by Crippen LogP contribution is 2.24. The molecule has 1 aliphatic heterocycles. The lowest BCUT2D eigenvalue weighted by atomic mass is 9.94. The Kier molecular flexibility index (Phi) is 4.43. The molecule has 4 heteroatoms. The maximum atomic E-state index is 12.5. The van der Waals surface area contributed by atoms with Gasteiger partial charge in [-0.3, -0.25) is 4.79 Å². The Morgan fingerprint density at radius 2 is 2.32 bits per heavy atom. The van der Waals surface area contributed by atoms with Crippen LogP contribution in [0.15, 0.2) is 18.2 Å². The van der Waals surface area contributed by atoms with Crippen molar-refractivity contribution in [2.45, 2.75) is 26.2 Å². The van der Waals surface area contributed by atoms with E-state index in [0.717, 1.165) is 37.9 Å². The average molecular weight is 262 g/mol. The fourth-order valence-electron chi connectivity index (χ4n) is 2.71. The summed E-state index contributed by atoms with van der Waals surface area (Å²) in [6, 6.07) is 5.15. The molecule has 1 heterocycles. The third-order valence-corrected chi connectivity index (χ3v) is 3.76. The van der Waals surface area contributed by atoms with E-state index in [1.165, 1.54) is 0 Å². The van der Waals surface area contributed by atoms with Gasteiger partial charge in [-0.15, -0.1) is 0 Å². The molecule has 2 rings (SSSR count). The number of aryl methyl sites for hydroxylation is 1. The van der Waals surface area contributed by atoms with Gasteiger partial charge in [0.2, 0.25) is 0 Å². The molecule has 1 atom stereocenters. The molecule has 0 saturated carbocycles. The van der Waals surface area contributed by atoms with Gasteiger partial charge in [0.1, 0.15) is 5.75 Å². The van der Waals surface area contributed by atoms with Gasteiger partial charge in [0.05, 0.1) is 5.56 Å². The second-order valence-corrected chi connectivity index (χ2v) is 5.36. The molecular formula is C15H22N2O2. The van der Waals surface area contributed by atoms with E-state index in [4.69, 9.17) is 5.73 Å². The van der Waals surface area contributed by atoms with Crippen LogP contribution in [0.25, 0.3) is 0 Å². The van der Waals surface area contributed by atoms with Gasteiger partial charge in [0, 0.05) is 13.1 Å². The number of benzene rings is 1. The van der Waals surface area contributed by atoms with Crippen LogP contribution in [0.2, 0.25) is 0 Å². The Labute approximate surface area is 114 Å². The monoisotopic (exact) mass is 262 g/mol. The quantitative estimate of drug-likeness (QED) is 0.874. The van der Waals surface area contributed by atoms with Gasteiger partial charge in [0.25, 0.3) is 5.91 Å². The minimum atomic E-state index is -0.0667. The number of hydrogen-bond acceptors (Lipinski definition) is 3. The molecule has 0 bridgehead atoms. The first kappa shape index (κ1) is 13.9. The zero-order valence-corrected chi connectivity index (χ0v) is 11.4. The van der Waals surface area contributed by atoms with Crippen LogP contribution in [-0.4, -0.2) is 35.5 Å². The highest BCUT2D eigenvalue weighted by Gasteiger charge is 2.25. The van der Waals surface area contributed by atoms with E-state index < -0.39 is 0 Å². The number of phenols is 1. The summed E-state index contributed by atoms with van der Waals surface area (Å²) in [7, 11) is 0. The number of carbonyl (C=O) groups excluding carboxylic acids is 1. The minimum Gasteiger partial charge on any atom is -0.507 e. The van der Waals surface area contributed by atoms with Gasteiger partial charge in [-0.1, -0.05) is 11.6 Å². The van der Waals surface area contributed by atoms with Crippen LogP contribution in [0.4, 0.5) is 0 Å². The molecule has 0 aromatic heterocycles. The molecule has 0 spiro atoms. The molecule has 1 unspecified atom stereocenters. The SMILES string of the molecule is Cc1ccc(O)c(C(=O)N2CCCC(CCN)C2)c1. The van der Waals surface area contributed by atoms with E-state index in [2.05, 4.69) is 0 Å². The largest absolute Gasteiger partial charge is 0.507 e. The summed E-state index contributed by atoms with van der Waals surface area (Å²) in [6.07, 6.45) is 3.12. The van der Waals surface area contributed by atoms with Crippen molar-refractivity contribution < 1.29 is 9.90 Å². The van der Waals surface area contributed by atoms with Crippen molar-refractivity contribution in [3.8, 4) is 5.75 Å². The van der Waals surface area contributed by atoms with Gasteiger partial charge >= 0.3 is 0 Å². The number of likely N-dealkylation sites (tertiary alicyclic amines) is 1. The lowest BCUT2D eigenvalue weighted by Crippen LogP contribution is -2.40. The van der Waals surface area contributed by atoms with Gasteiger partial charge in [-0.25, -0.2) is 0 Å². The zero-order valence-electron chi connectivity index (χ0n) is 11.4. The van der Waals surface area contributed by atoms with Crippen LogP contribution in [0.5, 0.6) is 5.75 Å². The number of carbonyl (C=O) groups is 1. The normalized spacial score (nSPS) is 19.5. The molecule has 3 N–H and O–H groups in total. The van der Waals surface area contributed by atoms with Crippen LogP contribution in [0.3, 0.4) is 0 Å². The van der Waals surface area contributed by atoms with E-state index in [-0.39, 0.29) is 11.7 Å². The topological polar surface area (TPSA) is 66.6 Å². The Morgan fingerprint density at radius 1 is 1.53 bits per heavy atom. The molecule has 19 heavy (non-hydrogen) atoms. The summed E-state index contributed by atoms with van der Waals surface area (Å²) in [5.41, 5.74) is 6.99. The van der Waals surface area contributed by atoms with Crippen molar-refractivity contribution >= 4 is 5.91 Å². The maximum Gasteiger partial charge on any atom is 0.257 e. The molecule has 104 valence electrons. The fourth-order valence-corrected chi connectivity index (χ4v) is 2.71. The summed E-state index contributed by atoms with van der Waals surface area (Å²) in [5.74, 6) is 0.495. The first-order valence-electron chi connectivity index (χ1n) is 6.90. The third kappa shape index (κ3) is 3.26. The van der Waals surface area contributed by atoms with E-state index in [1.54, 1.807) is 18.2 Å². The van der Waals surface area contributed by atoms with Crippen LogP contribution < -0.4 is 5.73 Å². The number of nitrogens with zero attached hydrogens (tertiary/aromatic N) is 1. The van der Waals surface area contributed by atoms with Crippen molar-refractivity contribution in [1.82, 2.24) is 4.90 Å². The Bertz CT molecular complexity index is 457. The highest BCUT2D eigenvalue weighted by molar-refractivity contribution is 5.97. The number of rotatable bonds is 3. The first-order valence-corrected chi connectivity index (χ1v) is 6.90. The zero-order chi connectivity index (χ0) is 13.8. The average Bonchev–Trinajstić information content (AvgIpc) is 2.41. The predicted molar refractivity (Wildman–Crippen MR) is 75.1 cm³/mol. The van der Waals surface area contributed by atoms with E-state index in [0.29, 0.717) is 18.0 Å². The molecule has 1 aromatic rings. The van der Waals surface area contributed by atoms with E-state index in [9.17, 15) is 9.90 Å².